The summed E-state index contributed by atoms with van der Waals surface area (Å²) in [6.45, 7) is 17.2. The molecule has 3 aliphatic heterocycles. The molecule has 2 aliphatic carbocycles. The van der Waals surface area contributed by atoms with Gasteiger partial charge in [-0.05, 0) is 126 Å². The fraction of sp³-hybridized carbons (Fsp3) is 0.833. The summed E-state index contributed by atoms with van der Waals surface area (Å²) in [5, 5.41) is 24.0. The Morgan fingerprint density at radius 1 is 0.877 bits per heavy atom. The van der Waals surface area contributed by atoms with Gasteiger partial charge in [-0.15, -0.1) is 0 Å². The van der Waals surface area contributed by atoms with E-state index in [1.54, 1.807) is 20.8 Å². The van der Waals surface area contributed by atoms with Gasteiger partial charge in [0.1, 0.15) is 36.2 Å². The largest absolute Gasteiger partial charge is 0.456 e. The van der Waals surface area contributed by atoms with E-state index in [9.17, 15) is 42.6 Å². The van der Waals surface area contributed by atoms with Crippen LogP contribution in [0.1, 0.15) is 152 Å². The van der Waals surface area contributed by atoms with Gasteiger partial charge in [-0.2, -0.15) is 13.1 Å². The highest BCUT2D eigenvalue weighted by Gasteiger charge is 2.57. The Labute approximate surface area is 434 Å². The van der Waals surface area contributed by atoms with Crippen LogP contribution in [0.15, 0.2) is 23.3 Å². The number of methoxy groups -OCH3 is 3. The van der Waals surface area contributed by atoms with Crippen LogP contribution < -0.4 is 4.72 Å². The summed E-state index contributed by atoms with van der Waals surface area (Å²) >= 11 is 0. The lowest BCUT2D eigenvalue weighted by molar-refractivity contribution is -0.302. The second kappa shape index (κ2) is 26.6. The third kappa shape index (κ3) is 15.4. The zero-order valence-corrected chi connectivity index (χ0v) is 46.4. The molecule has 0 aromatic carbocycles. The number of nitrogens with one attached hydrogen (secondary N) is 1. The number of fused-ring (bicyclic) bond motifs is 3. The molecule has 0 aromatic heterocycles. The molecule has 18 nitrogen and oxygen atoms in total. The number of aliphatic hydroxyl groups excluding tert-OH is 1. The Balaban J connectivity index is 1.41. The fourth-order valence-electron chi connectivity index (χ4n) is 12.2. The quantitative estimate of drug-likeness (QED) is 0.108. The Hall–Kier alpha value is -3.30. The predicted molar refractivity (Wildman–Crippen MR) is 271 cm³/mol. The minimum atomic E-state index is -4.61. The molecule has 0 spiro atoms. The average molecular weight is 1050 g/mol. The van der Waals surface area contributed by atoms with Crippen LogP contribution >= 0.6 is 0 Å². The number of allylic oxidation sites excluding steroid dienone is 3. The summed E-state index contributed by atoms with van der Waals surface area (Å²) in [6, 6.07) is -1.23. The summed E-state index contributed by atoms with van der Waals surface area (Å²) in [4.78, 5) is 71.5. The van der Waals surface area contributed by atoms with Gasteiger partial charge in [0.2, 0.25) is 5.79 Å². The number of hydrogen-bond acceptors (Lipinski definition) is 16. The molecule has 4 unspecified atom stereocenters. The number of amides is 2. The summed E-state index contributed by atoms with van der Waals surface area (Å²) in [5.74, 6) is -7.68. The lowest BCUT2D eigenvalue weighted by atomic mass is 9.75. The molecule has 0 radical (unpaired) electrons. The minimum Gasteiger partial charge on any atom is -0.456 e. The second-order valence-corrected chi connectivity index (χ2v) is 23.9. The van der Waals surface area contributed by atoms with Gasteiger partial charge in [0.25, 0.3) is 11.7 Å². The molecule has 5 aliphatic rings. The van der Waals surface area contributed by atoms with Gasteiger partial charge in [0.05, 0.1) is 24.4 Å². The summed E-state index contributed by atoms with van der Waals surface area (Å²) in [5.41, 5.74) is 1.48. The van der Waals surface area contributed by atoms with Crippen molar-refractivity contribution in [3.05, 3.63) is 23.3 Å². The van der Waals surface area contributed by atoms with Crippen molar-refractivity contribution in [2.75, 3.05) is 27.9 Å². The maximum absolute atomic E-state index is 14.6. The number of cyclic esters (lactones) is 1. The number of nitrogens with zero attached hydrogens (tertiary/aromatic N) is 1. The zero-order valence-electron chi connectivity index (χ0n) is 45.5. The fourth-order valence-corrected chi connectivity index (χ4v) is 13.0. The molecule has 17 atom stereocenters. The van der Waals surface area contributed by atoms with Gasteiger partial charge >= 0.3 is 22.4 Å². The van der Waals surface area contributed by atoms with E-state index in [1.165, 1.54) is 21.3 Å². The first-order valence-corrected chi connectivity index (χ1v) is 28.3. The molecule has 73 heavy (non-hydrogen) atoms. The number of ketones is 2. The first-order valence-electron chi connectivity index (χ1n) is 26.9. The molecule has 2 saturated heterocycles. The molecule has 2 amide bonds. The average Bonchev–Trinajstić information content (AvgIpc) is 3.33. The molecule has 3 N–H and O–H groups in total. The molecular formula is C54H88N2O16S. The van der Waals surface area contributed by atoms with Crippen molar-refractivity contribution in [1.82, 2.24) is 9.62 Å². The van der Waals surface area contributed by atoms with E-state index >= 15 is 0 Å². The monoisotopic (exact) mass is 1050 g/mol. The van der Waals surface area contributed by atoms with Gasteiger partial charge in [-0.25, -0.2) is 13.8 Å². The normalized spacial score (nSPS) is 39.1. The lowest BCUT2D eigenvalue weighted by Gasteiger charge is -2.47. The van der Waals surface area contributed by atoms with E-state index < -0.39 is 112 Å². The molecule has 2 bridgehead atoms. The Morgan fingerprint density at radius 2 is 1.53 bits per heavy atom. The van der Waals surface area contributed by atoms with Crippen LogP contribution in [-0.2, 0) is 62.1 Å². The molecule has 0 aromatic rings. The van der Waals surface area contributed by atoms with Crippen LogP contribution in [0.25, 0.3) is 0 Å². The van der Waals surface area contributed by atoms with Crippen molar-refractivity contribution in [1.29, 1.82) is 0 Å². The number of hydrogen-bond donors (Lipinski definition) is 3. The predicted octanol–water partition coefficient (Wildman–Crippen LogP) is 6.93. The third-order valence-electron chi connectivity index (χ3n) is 16.5. The van der Waals surface area contributed by atoms with Gasteiger partial charge in [0.15, 0.2) is 0 Å². The number of Topliss-reactive ketones (excluding diaryl/α,β-unsaturated/α-hetero) is 2. The number of aliphatic hydroxyl groups is 2. The summed E-state index contributed by atoms with van der Waals surface area (Å²) in [6.07, 6.45) is 2.10. The van der Waals surface area contributed by atoms with E-state index in [-0.39, 0.29) is 68.1 Å². The first-order chi connectivity index (χ1) is 34.4. The molecule has 5 rings (SSSR count). The van der Waals surface area contributed by atoms with Crippen LogP contribution in [0.4, 0.5) is 4.79 Å². The van der Waals surface area contributed by atoms with Crippen LogP contribution in [0.5, 0.6) is 0 Å². The summed E-state index contributed by atoms with van der Waals surface area (Å²) < 4.78 is 69.8. The smallest absolute Gasteiger partial charge is 0.422 e. The lowest BCUT2D eigenvalue weighted by Crippen LogP contribution is -2.64. The molecular weight excluding hydrogens is 965 g/mol. The highest BCUT2D eigenvalue weighted by molar-refractivity contribution is 7.85. The van der Waals surface area contributed by atoms with Crippen molar-refractivity contribution in [2.45, 2.75) is 213 Å². The van der Waals surface area contributed by atoms with Crippen LogP contribution in [-0.4, -0.2) is 142 Å². The van der Waals surface area contributed by atoms with Crippen molar-refractivity contribution in [2.24, 2.45) is 47.3 Å². The highest BCUT2D eigenvalue weighted by Crippen LogP contribution is 2.40. The minimum absolute atomic E-state index is 0.0114. The van der Waals surface area contributed by atoms with Gasteiger partial charge in [-0.3, -0.25) is 14.4 Å². The van der Waals surface area contributed by atoms with Gasteiger partial charge in [0, 0.05) is 52.0 Å². The number of carbonyl (C=O) groups excluding carboxylic acids is 5. The van der Waals surface area contributed by atoms with Crippen LogP contribution in [0, 0.1) is 47.3 Å². The van der Waals surface area contributed by atoms with E-state index in [0.717, 1.165) is 23.3 Å². The van der Waals surface area contributed by atoms with E-state index in [0.29, 0.717) is 56.4 Å². The maximum atomic E-state index is 14.6. The summed E-state index contributed by atoms with van der Waals surface area (Å²) in [7, 11) is -0.142. The van der Waals surface area contributed by atoms with Crippen LogP contribution in [0.3, 0.4) is 0 Å². The third-order valence-corrected chi connectivity index (χ3v) is 17.5. The van der Waals surface area contributed by atoms with Crippen molar-refractivity contribution < 1.29 is 75.2 Å². The maximum Gasteiger partial charge on any atom is 0.422 e. The zero-order chi connectivity index (χ0) is 54.1. The molecule has 19 heteroatoms. The topological polar surface area (TPSA) is 240 Å². The van der Waals surface area contributed by atoms with Crippen LogP contribution in [0.2, 0.25) is 0 Å². The SMILES string of the molecule is CC[C@@H]1/C=C(\C)C[C@H](C)C[C@H](OC)[C@H]2O[C@@](O)(C(=O)C(=O)N3CCCC[C@H]3C(=O)OC(/C(C)=C/[C@@H]3CC[C@H](OS(=O)(=O)NC(=O)OC4CC(C)CCC4C(C)C)[C@H](OC)C3)[C@H](C)[C@@H](O)CC1=O)[C@H](C)C[C@@H]2OC. The first kappa shape index (κ1) is 60.6. The van der Waals surface area contributed by atoms with E-state index in [2.05, 4.69) is 20.8 Å². The van der Waals surface area contributed by atoms with E-state index in [1.807, 2.05) is 37.6 Å². The highest BCUT2D eigenvalue weighted by atomic mass is 32.2. The molecule has 4 fully saturated rings. The number of esters is 1. The number of rotatable bonds is 11. The number of carbonyl (C=O) groups is 5. The standard InChI is InChI=1S/C54H88N2O16S/c1-13-38-23-32(5)22-33(6)25-46(67-11)49-47(68-12)27-35(8)54(63,71-49)50(59)51(60)56-21-15-14-16-40(56)52(61)70-48(36(9)41(57)29-42(38)58)34(7)26-37-18-20-43(45(28-37)66-10)72-73(64,65)55-53(62)69-44-24-31(4)17-19-39(44)30(2)3/h23,26,30-31,33,35-41,43-49,57,63H,13-22,24-25,27-29H2,1-12H3,(H,55,62)/b32-23+,34-26+/t31?,33-,35+,36+,37-,38+,39?,40-,41-,43-,44?,45+,46-,47-,48?,49+,54+/m0/s1. The van der Waals surface area contributed by atoms with Crippen molar-refractivity contribution in [3.63, 3.8) is 0 Å². The number of ether oxygens (including phenoxy) is 6. The molecule has 3 heterocycles. The second-order valence-electron chi connectivity index (χ2n) is 22.5. The van der Waals surface area contributed by atoms with Gasteiger partial charge < -0.3 is 43.5 Å². The van der Waals surface area contributed by atoms with Crippen molar-refractivity contribution in [3.8, 4) is 0 Å². The molecule has 2 saturated carbocycles. The van der Waals surface area contributed by atoms with E-state index in [4.69, 9.17) is 32.6 Å². The van der Waals surface area contributed by atoms with Crippen molar-refractivity contribution >= 4 is 39.8 Å². The Morgan fingerprint density at radius 3 is 2.18 bits per heavy atom. The van der Waals surface area contributed by atoms with Gasteiger partial charge in [-0.1, -0.05) is 72.6 Å². The Kier molecular flexibility index (Phi) is 22.1. The Bertz CT molecular complexity index is 2080. The molecule has 416 valence electrons. The number of piperidine rings is 1.